The van der Waals surface area contributed by atoms with Crippen LogP contribution in [0.2, 0.25) is 0 Å². The minimum atomic E-state index is -0.802. The summed E-state index contributed by atoms with van der Waals surface area (Å²) in [6.45, 7) is 0.617. The van der Waals surface area contributed by atoms with Gasteiger partial charge >= 0.3 is 11.9 Å². The lowest BCUT2D eigenvalue weighted by Gasteiger charge is -2.27. The van der Waals surface area contributed by atoms with Crippen LogP contribution in [-0.2, 0) is 14.4 Å². The molecule has 0 aromatic carbocycles. The van der Waals surface area contributed by atoms with Crippen LogP contribution in [0, 0.1) is 0 Å². The Kier molecular flexibility index (Phi) is 20.2. The molecule has 1 spiro atoms. The van der Waals surface area contributed by atoms with Crippen LogP contribution >= 0.6 is 64.8 Å². The monoisotopic (exact) mass is 658 g/mol. The summed E-state index contributed by atoms with van der Waals surface area (Å²) in [6, 6.07) is -0.548. The largest absolute Gasteiger partial charge is 0.481 e. The molecule has 0 saturated carbocycles. The maximum absolute atomic E-state index is 12.1. The molecule has 2 saturated heterocycles. The standard InChI is InChI=1S/C26H46N2O5S6/c29-22(18-13-11-9-7-5-3-1-2-4-6-8-10-12-14-19-23(30)31)27-20-16-15-17-21(24(32)33)28-25-34-36-26(37-35-25)38-39-26/h21,25,28H,1-20H2,(H,27,29)(H,30,31)(H,32,33)/t21-/m0/s1. The first-order chi connectivity index (χ1) is 18.9. The summed E-state index contributed by atoms with van der Waals surface area (Å²) < 4.78 is 0.304. The molecular formula is C26H46N2O5S6. The maximum atomic E-state index is 12.1. The lowest BCUT2D eigenvalue weighted by Crippen LogP contribution is -2.40. The summed E-state index contributed by atoms with van der Waals surface area (Å²) >= 11 is 0. The first-order valence-electron chi connectivity index (χ1n) is 14.4. The molecule has 0 aromatic heterocycles. The Bertz CT molecular complexity index is 706. The van der Waals surface area contributed by atoms with Crippen LogP contribution in [0.25, 0.3) is 0 Å². The molecule has 0 unspecified atom stereocenters. The van der Waals surface area contributed by atoms with Crippen LogP contribution in [0.3, 0.4) is 0 Å². The Morgan fingerprint density at radius 1 is 0.641 bits per heavy atom. The molecule has 39 heavy (non-hydrogen) atoms. The van der Waals surface area contributed by atoms with Gasteiger partial charge in [-0.1, -0.05) is 98.6 Å². The second kappa shape index (κ2) is 22.1. The van der Waals surface area contributed by atoms with E-state index in [1.165, 1.54) is 57.8 Å². The average Bonchev–Trinajstić information content (AvgIpc) is 3.67. The van der Waals surface area contributed by atoms with Crippen molar-refractivity contribution in [3.8, 4) is 0 Å². The average molecular weight is 659 g/mol. The van der Waals surface area contributed by atoms with E-state index < -0.39 is 18.0 Å². The molecule has 226 valence electrons. The van der Waals surface area contributed by atoms with Crippen LogP contribution in [0.4, 0.5) is 0 Å². The predicted octanol–water partition coefficient (Wildman–Crippen LogP) is 8.71. The number of aliphatic carboxylic acids is 2. The Balaban J connectivity index is 1.31. The van der Waals surface area contributed by atoms with E-state index in [9.17, 15) is 19.5 Å². The summed E-state index contributed by atoms with van der Waals surface area (Å²) in [5.74, 6) is -1.38. The molecule has 2 aliphatic heterocycles. The lowest BCUT2D eigenvalue weighted by atomic mass is 10.0. The molecule has 2 heterocycles. The van der Waals surface area contributed by atoms with Gasteiger partial charge in [-0.15, -0.1) is 0 Å². The molecule has 0 radical (unpaired) electrons. The molecule has 2 rings (SSSR count). The van der Waals surface area contributed by atoms with Gasteiger partial charge < -0.3 is 15.5 Å². The fourth-order valence-corrected chi connectivity index (χ4v) is 17.3. The second-order valence-electron chi connectivity index (χ2n) is 10.1. The van der Waals surface area contributed by atoms with Crippen molar-refractivity contribution >= 4 is 82.6 Å². The number of carboxylic acid groups (broad SMARTS) is 2. The molecule has 0 bridgehead atoms. The van der Waals surface area contributed by atoms with E-state index in [0.29, 0.717) is 25.8 Å². The molecule has 0 aromatic rings. The quantitative estimate of drug-likeness (QED) is 0.0427. The molecule has 4 N–H and O–H groups in total. The first-order valence-corrected chi connectivity index (χ1v) is 21.0. The number of hydrogen-bond acceptors (Lipinski definition) is 10. The number of hydrogen-bond donors (Lipinski definition) is 4. The van der Waals surface area contributed by atoms with E-state index >= 15 is 0 Å². The lowest BCUT2D eigenvalue weighted by molar-refractivity contribution is -0.140. The Morgan fingerprint density at radius 2 is 1.13 bits per heavy atom. The zero-order valence-electron chi connectivity index (χ0n) is 22.9. The van der Waals surface area contributed by atoms with Gasteiger partial charge in [-0.2, -0.15) is 0 Å². The van der Waals surface area contributed by atoms with Gasteiger partial charge in [0.25, 0.3) is 0 Å². The van der Waals surface area contributed by atoms with Crippen molar-refractivity contribution in [3.05, 3.63) is 0 Å². The molecular weight excluding hydrogens is 613 g/mol. The number of carboxylic acids is 2. The van der Waals surface area contributed by atoms with Crippen LogP contribution in [0.5, 0.6) is 0 Å². The van der Waals surface area contributed by atoms with Crippen LogP contribution in [0.15, 0.2) is 0 Å². The summed E-state index contributed by atoms with van der Waals surface area (Å²) in [6.07, 6.45) is 19.5. The van der Waals surface area contributed by atoms with E-state index in [1.807, 2.05) is 43.2 Å². The van der Waals surface area contributed by atoms with Gasteiger partial charge in [-0.3, -0.25) is 19.7 Å². The van der Waals surface area contributed by atoms with E-state index in [2.05, 4.69) is 10.6 Å². The maximum Gasteiger partial charge on any atom is 0.320 e. The number of nitrogens with one attached hydrogen (secondary N) is 2. The van der Waals surface area contributed by atoms with Crippen molar-refractivity contribution < 1.29 is 24.6 Å². The Labute approximate surface area is 258 Å². The number of amides is 1. The van der Waals surface area contributed by atoms with Gasteiger partial charge in [-0.25, -0.2) is 0 Å². The highest BCUT2D eigenvalue weighted by Gasteiger charge is 2.52. The molecule has 2 fully saturated rings. The fraction of sp³-hybridized carbons (Fsp3) is 0.885. The predicted molar refractivity (Wildman–Crippen MR) is 175 cm³/mol. The number of carbonyl (C=O) groups excluding carboxylic acids is 1. The third-order valence-corrected chi connectivity index (χ3v) is 20.0. The third-order valence-electron chi connectivity index (χ3n) is 6.62. The van der Waals surface area contributed by atoms with Crippen molar-refractivity contribution in [2.75, 3.05) is 6.54 Å². The fourth-order valence-electron chi connectivity index (χ4n) is 4.30. The molecule has 1 amide bonds. The Hall–Kier alpha value is 0.470. The Morgan fingerprint density at radius 3 is 1.59 bits per heavy atom. The zero-order valence-corrected chi connectivity index (χ0v) is 27.8. The molecule has 7 nitrogen and oxygen atoms in total. The van der Waals surface area contributed by atoms with Crippen LogP contribution in [0.1, 0.15) is 122 Å². The molecule has 13 heteroatoms. The zero-order chi connectivity index (χ0) is 28.2. The van der Waals surface area contributed by atoms with Crippen molar-refractivity contribution in [2.24, 2.45) is 0 Å². The van der Waals surface area contributed by atoms with Gasteiger partial charge in [0.1, 0.15) is 10.7 Å². The molecule has 1 atom stereocenters. The van der Waals surface area contributed by atoms with Gasteiger partial charge in [-0.05, 0) is 75.3 Å². The van der Waals surface area contributed by atoms with Crippen molar-refractivity contribution in [1.82, 2.24) is 10.6 Å². The van der Waals surface area contributed by atoms with Crippen molar-refractivity contribution in [1.29, 1.82) is 0 Å². The normalized spacial score (nSPS) is 17.2. The highest BCUT2D eigenvalue weighted by molar-refractivity contribution is 9.14. The van der Waals surface area contributed by atoms with Crippen LogP contribution < -0.4 is 10.6 Å². The summed E-state index contributed by atoms with van der Waals surface area (Å²) in [5, 5.41) is 24.4. The number of rotatable bonds is 25. The van der Waals surface area contributed by atoms with E-state index in [-0.39, 0.29) is 13.4 Å². The molecule has 2 aliphatic rings. The summed E-state index contributed by atoms with van der Waals surface area (Å²) in [5.41, 5.74) is 0. The van der Waals surface area contributed by atoms with Gasteiger partial charge in [0.2, 0.25) is 5.91 Å². The van der Waals surface area contributed by atoms with E-state index in [0.717, 1.165) is 44.9 Å². The number of unbranched alkanes of at least 4 members (excludes halogenated alkanes) is 14. The molecule has 0 aliphatic carbocycles. The third kappa shape index (κ3) is 18.6. The minimum Gasteiger partial charge on any atom is -0.481 e. The van der Waals surface area contributed by atoms with Crippen molar-refractivity contribution in [3.63, 3.8) is 0 Å². The minimum absolute atomic E-state index is 0.0818. The highest BCUT2D eigenvalue weighted by atomic mass is 33.2. The summed E-state index contributed by atoms with van der Waals surface area (Å²) in [7, 11) is 10.8. The number of carbonyl (C=O) groups is 3. The topological polar surface area (TPSA) is 116 Å². The van der Waals surface area contributed by atoms with E-state index in [4.69, 9.17) is 5.11 Å². The second-order valence-corrected chi connectivity index (χ2v) is 19.6. The van der Waals surface area contributed by atoms with Gasteiger partial charge in [0.05, 0.1) is 0 Å². The highest BCUT2D eigenvalue weighted by Crippen LogP contribution is 2.83. The van der Waals surface area contributed by atoms with Crippen molar-refractivity contribution in [2.45, 2.75) is 135 Å². The SMILES string of the molecule is O=C(O)CCCCCCCCCCCCCCCCC(=O)NCCCC[C@H](NC1SSC2(SS1)SS2)C(=O)O. The van der Waals surface area contributed by atoms with Crippen LogP contribution in [-0.4, -0.2) is 48.1 Å². The van der Waals surface area contributed by atoms with Gasteiger partial charge in [0.15, 0.2) is 2.74 Å². The van der Waals surface area contributed by atoms with Gasteiger partial charge in [0, 0.05) is 19.4 Å². The van der Waals surface area contributed by atoms with E-state index in [1.54, 1.807) is 21.6 Å². The first kappa shape index (κ1) is 35.7. The summed E-state index contributed by atoms with van der Waals surface area (Å²) in [4.78, 5) is 34.2. The smallest absolute Gasteiger partial charge is 0.320 e.